The summed E-state index contributed by atoms with van der Waals surface area (Å²) in [4.78, 5) is 18.5. The molecule has 0 saturated carbocycles. The molecule has 1 amide bonds. The van der Waals surface area contributed by atoms with Crippen molar-refractivity contribution in [2.24, 2.45) is 0 Å². The van der Waals surface area contributed by atoms with Crippen molar-refractivity contribution in [2.75, 3.05) is 18.1 Å². The van der Waals surface area contributed by atoms with E-state index in [-0.39, 0.29) is 5.91 Å². The lowest BCUT2D eigenvalue weighted by Crippen LogP contribution is -2.39. The zero-order chi connectivity index (χ0) is 12.3. The second kappa shape index (κ2) is 5.87. The fourth-order valence-corrected chi connectivity index (χ4v) is 3.34. The van der Waals surface area contributed by atoms with Crippen LogP contribution in [0, 0.1) is 0 Å². The minimum absolute atomic E-state index is 0.0347. The van der Waals surface area contributed by atoms with Gasteiger partial charge in [0.15, 0.2) is 0 Å². The molecule has 1 aromatic heterocycles. The first-order valence-corrected chi connectivity index (χ1v) is 7.64. The third-order valence-electron chi connectivity index (χ3n) is 2.91. The highest BCUT2D eigenvalue weighted by molar-refractivity contribution is 9.10. The summed E-state index contributed by atoms with van der Waals surface area (Å²) < 4.78 is 0.772. The van der Waals surface area contributed by atoms with E-state index in [1.54, 1.807) is 6.20 Å². The number of carbonyl (C=O) groups is 1. The van der Waals surface area contributed by atoms with Crippen LogP contribution >= 0.6 is 27.7 Å². The molecule has 5 heteroatoms. The molecule has 2 heterocycles. The SMILES string of the molecule is CC1CCSCCN1C(=O)c1ncccc1Br. The lowest BCUT2D eigenvalue weighted by molar-refractivity contribution is 0.0699. The van der Waals surface area contributed by atoms with E-state index in [0.29, 0.717) is 11.7 Å². The van der Waals surface area contributed by atoms with E-state index in [1.165, 1.54) is 0 Å². The molecule has 0 radical (unpaired) electrons. The zero-order valence-electron chi connectivity index (χ0n) is 9.73. The maximum absolute atomic E-state index is 12.4. The molecule has 3 nitrogen and oxygen atoms in total. The van der Waals surface area contributed by atoms with Gasteiger partial charge in [0.05, 0.1) is 0 Å². The van der Waals surface area contributed by atoms with Gasteiger partial charge >= 0.3 is 0 Å². The van der Waals surface area contributed by atoms with Crippen molar-refractivity contribution in [1.82, 2.24) is 9.88 Å². The summed E-state index contributed by atoms with van der Waals surface area (Å²) in [6, 6.07) is 3.98. The molecule has 1 aliphatic rings. The quantitative estimate of drug-likeness (QED) is 0.799. The van der Waals surface area contributed by atoms with Crippen LogP contribution < -0.4 is 0 Å². The molecule has 1 saturated heterocycles. The molecule has 1 unspecified atom stereocenters. The van der Waals surface area contributed by atoms with Crippen LogP contribution in [0.2, 0.25) is 0 Å². The molecule has 0 N–H and O–H groups in total. The van der Waals surface area contributed by atoms with Gasteiger partial charge in [0, 0.05) is 29.0 Å². The van der Waals surface area contributed by atoms with Crippen molar-refractivity contribution in [2.45, 2.75) is 19.4 Å². The smallest absolute Gasteiger partial charge is 0.273 e. The average molecular weight is 315 g/mol. The van der Waals surface area contributed by atoms with Gasteiger partial charge < -0.3 is 4.90 Å². The van der Waals surface area contributed by atoms with E-state index < -0.39 is 0 Å². The van der Waals surface area contributed by atoms with Gasteiger partial charge in [0.2, 0.25) is 0 Å². The largest absolute Gasteiger partial charge is 0.334 e. The number of halogens is 1. The van der Waals surface area contributed by atoms with Crippen molar-refractivity contribution in [3.05, 3.63) is 28.5 Å². The van der Waals surface area contributed by atoms with Crippen LogP contribution in [0.25, 0.3) is 0 Å². The first kappa shape index (κ1) is 12.9. The summed E-state index contributed by atoms with van der Waals surface area (Å²) in [7, 11) is 0. The number of pyridine rings is 1. The van der Waals surface area contributed by atoms with Gasteiger partial charge in [-0.3, -0.25) is 4.79 Å². The van der Waals surface area contributed by atoms with Crippen LogP contribution in [0.1, 0.15) is 23.8 Å². The Balaban J connectivity index is 2.21. The first-order valence-electron chi connectivity index (χ1n) is 5.69. The predicted molar refractivity (Wildman–Crippen MR) is 74.4 cm³/mol. The fourth-order valence-electron chi connectivity index (χ4n) is 1.88. The van der Waals surface area contributed by atoms with Crippen molar-refractivity contribution in [3.8, 4) is 0 Å². The Morgan fingerprint density at radius 2 is 2.41 bits per heavy atom. The number of carbonyl (C=O) groups excluding carboxylic acids is 1. The van der Waals surface area contributed by atoms with Gasteiger partial charge in [0.25, 0.3) is 5.91 Å². The number of hydrogen-bond acceptors (Lipinski definition) is 3. The zero-order valence-corrected chi connectivity index (χ0v) is 12.1. The summed E-state index contributed by atoms with van der Waals surface area (Å²) in [6.07, 6.45) is 2.72. The molecule has 1 atom stereocenters. The van der Waals surface area contributed by atoms with E-state index in [0.717, 1.165) is 28.9 Å². The van der Waals surface area contributed by atoms with Gasteiger partial charge in [-0.2, -0.15) is 11.8 Å². The first-order chi connectivity index (χ1) is 8.20. The molecule has 1 aromatic rings. The number of aromatic nitrogens is 1. The highest BCUT2D eigenvalue weighted by atomic mass is 79.9. The third-order valence-corrected chi connectivity index (χ3v) is 4.55. The normalized spacial score (nSPS) is 21.1. The van der Waals surface area contributed by atoms with Crippen LogP contribution in [0.5, 0.6) is 0 Å². The van der Waals surface area contributed by atoms with Crippen LogP contribution in [0.3, 0.4) is 0 Å². The van der Waals surface area contributed by atoms with Crippen LogP contribution in [-0.2, 0) is 0 Å². The molecular weight excluding hydrogens is 300 g/mol. The van der Waals surface area contributed by atoms with Crippen molar-refractivity contribution in [1.29, 1.82) is 0 Å². The summed E-state index contributed by atoms with van der Waals surface area (Å²) in [6.45, 7) is 2.92. The van der Waals surface area contributed by atoms with E-state index in [2.05, 4.69) is 27.8 Å². The Labute approximate surface area is 114 Å². The monoisotopic (exact) mass is 314 g/mol. The van der Waals surface area contributed by atoms with Crippen LogP contribution in [0.4, 0.5) is 0 Å². The van der Waals surface area contributed by atoms with Crippen molar-refractivity contribution < 1.29 is 4.79 Å². The molecule has 0 aliphatic carbocycles. The van der Waals surface area contributed by atoms with E-state index in [1.807, 2.05) is 28.8 Å². The molecule has 0 aromatic carbocycles. The summed E-state index contributed by atoms with van der Waals surface area (Å²) >= 11 is 5.30. The van der Waals surface area contributed by atoms with Crippen molar-refractivity contribution >= 4 is 33.6 Å². The fraction of sp³-hybridized carbons (Fsp3) is 0.500. The highest BCUT2D eigenvalue weighted by Gasteiger charge is 2.25. The Morgan fingerprint density at radius 1 is 1.59 bits per heavy atom. The van der Waals surface area contributed by atoms with Gasteiger partial charge in [-0.25, -0.2) is 4.98 Å². The van der Waals surface area contributed by atoms with Gasteiger partial charge in [-0.05, 0) is 47.2 Å². The van der Waals surface area contributed by atoms with E-state index in [9.17, 15) is 4.79 Å². The Morgan fingerprint density at radius 3 is 3.18 bits per heavy atom. The minimum atomic E-state index is 0.0347. The van der Waals surface area contributed by atoms with E-state index >= 15 is 0 Å². The van der Waals surface area contributed by atoms with Gasteiger partial charge in [-0.1, -0.05) is 0 Å². The number of rotatable bonds is 1. The lowest BCUT2D eigenvalue weighted by Gasteiger charge is -2.26. The Hall–Kier alpha value is -0.550. The van der Waals surface area contributed by atoms with Crippen molar-refractivity contribution in [3.63, 3.8) is 0 Å². The Bertz CT molecular complexity index is 413. The van der Waals surface area contributed by atoms with Crippen LogP contribution in [-0.4, -0.2) is 39.9 Å². The standard InChI is InChI=1S/C12H15BrN2OS/c1-9-4-7-17-8-6-15(9)12(16)11-10(13)3-2-5-14-11/h2-3,5,9H,4,6-8H2,1H3. The maximum atomic E-state index is 12.4. The number of thioether (sulfide) groups is 1. The second-order valence-electron chi connectivity index (χ2n) is 4.08. The summed E-state index contributed by atoms with van der Waals surface area (Å²) in [5.74, 6) is 2.18. The number of nitrogens with zero attached hydrogens (tertiary/aromatic N) is 2. The maximum Gasteiger partial charge on any atom is 0.273 e. The van der Waals surface area contributed by atoms with Crippen LogP contribution in [0.15, 0.2) is 22.8 Å². The molecule has 2 rings (SSSR count). The van der Waals surface area contributed by atoms with E-state index in [4.69, 9.17) is 0 Å². The lowest BCUT2D eigenvalue weighted by atomic mass is 10.2. The number of amides is 1. The predicted octanol–water partition coefficient (Wildman–Crippen LogP) is 2.81. The molecule has 0 spiro atoms. The molecular formula is C12H15BrN2OS. The highest BCUT2D eigenvalue weighted by Crippen LogP contribution is 2.21. The number of hydrogen-bond donors (Lipinski definition) is 0. The summed E-state index contributed by atoms with van der Waals surface area (Å²) in [5, 5.41) is 0. The average Bonchev–Trinajstić information content (AvgIpc) is 2.54. The molecule has 1 aliphatic heterocycles. The van der Waals surface area contributed by atoms with Gasteiger partial charge in [0.1, 0.15) is 5.69 Å². The molecule has 0 bridgehead atoms. The molecule has 92 valence electrons. The molecule has 17 heavy (non-hydrogen) atoms. The molecule has 1 fully saturated rings. The third kappa shape index (κ3) is 3.01. The second-order valence-corrected chi connectivity index (χ2v) is 6.16. The minimum Gasteiger partial charge on any atom is -0.334 e. The van der Waals surface area contributed by atoms with Gasteiger partial charge in [-0.15, -0.1) is 0 Å². The topological polar surface area (TPSA) is 33.2 Å². The summed E-state index contributed by atoms with van der Waals surface area (Å²) in [5.41, 5.74) is 0.520. The Kier molecular flexibility index (Phi) is 4.45.